The van der Waals surface area contributed by atoms with E-state index in [4.69, 9.17) is 16.3 Å². The van der Waals surface area contributed by atoms with E-state index in [1.807, 2.05) is 0 Å². The molecule has 1 aliphatic heterocycles. The van der Waals surface area contributed by atoms with E-state index in [1.165, 1.54) is 41.4 Å². The van der Waals surface area contributed by atoms with Gasteiger partial charge in [0.1, 0.15) is 24.1 Å². The largest absolute Gasteiger partial charge is 0.447 e. The molecule has 1 atom stereocenters. The number of imide groups is 1. The highest BCUT2D eigenvalue weighted by Crippen LogP contribution is 2.24. The topological polar surface area (TPSA) is 109 Å². The van der Waals surface area contributed by atoms with Crippen molar-refractivity contribution in [3.05, 3.63) is 106 Å². The standard InChI is InChI=1S/C33H29ClF2N4O5/c1-39(29(41)14-12-20-6-4-10-27(36)30(20)34)24(7-5-15-40-31(42)25-8-2-3-9-26(25)32(40)43)19-45-33(44)38-28-17-22-16-23(35)13-11-21(22)18-37-28/h2-4,6,8-11,13,16-18,24H,5,7,12,14-15,19H2,1H3,(H,37,38,44)/t24-/m0/s1. The van der Waals surface area contributed by atoms with Gasteiger partial charge < -0.3 is 9.64 Å². The summed E-state index contributed by atoms with van der Waals surface area (Å²) in [7, 11) is 1.56. The van der Waals surface area contributed by atoms with E-state index in [9.17, 15) is 28.0 Å². The van der Waals surface area contributed by atoms with E-state index in [0.717, 1.165) is 4.90 Å². The molecule has 0 bridgehead atoms. The van der Waals surface area contributed by atoms with Crippen LogP contribution in [0.1, 0.15) is 45.5 Å². The molecule has 5 rings (SSSR count). The van der Waals surface area contributed by atoms with Gasteiger partial charge in [0.15, 0.2) is 0 Å². The number of hydrogen-bond donors (Lipinski definition) is 1. The Hall–Kier alpha value is -4.90. The Morgan fingerprint density at radius 2 is 1.73 bits per heavy atom. The Labute approximate surface area is 262 Å². The number of amides is 4. The summed E-state index contributed by atoms with van der Waals surface area (Å²) in [6.45, 7) is -0.104. The summed E-state index contributed by atoms with van der Waals surface area (Å²) in [6.07, 6.45) is 1.47. The number of aromatic nitrogens is 1. The van der Waals surface area contributed by atoms with Crippen LogP contribution in [0, 0.1) is 11.6 Å². The molecule has 0 saturated carbocycles. The number of ether oxygens (including phenoxy) is 1. The molecule has 232 valence electrons. The van der Waals surface area contributed by atoms with E-state index in [0.29, 0.717) is 33.9 Å². The van der Waals surface area contributed by atoms with Crippen molar-refractivity contribution in [2.75, 3.05) is 25.5 Å². The SMILES string of the molecule is CN(C(=O)CCc1cccc(F)c1Cl)[C@@H](CCCN1C(=O)c2ccccc2C1=O)COC(=O)Nc1cc2cc(F)ccc2cn1. The summed E-state index contributed by atoms with van der Waals surface area (Å²) in [5, 5.41) is 3.69. The van der Waals surface area contributed by atoms with E-state index >= 15 is 0 Å². The first kappa shape index (κ1) is 31.5. The Bertz CT molecular complexity index is 1750. The number of benzene rings is 3. The van der Waals surface area contributed by atoms with Crippen molar-refractivity contribution in [1.82, 2.24) is 14.8 Å². The smallest absolute Gasteiger partial charge is 0.412 e. The number of fused-ring (bicyclic) bond motifs is 2. The van der Waals surface area contributed by atoms with E-state index in [-0.39, 0.29) is 61.0 Å². The molecule has 0 fully saturated rings. The van der Waals surface area contributed by atoms with Gasteiger partial charge in [-0.25, -0.2) is 18.6 Å². The van der Waals surface area contributed by atoms with Gasteiger partial charge in [0.05, 0.1) is 22.2 Å². The van der Waals surface area contributed by atoms with Crippen LogP contribution in [0.5, 0.6) is 0 Å². The minimum atomic E-state index is -0.837. The predicted molar refractivity (Wildman–Crippen MR) is 164 cm³/mol. The normalized spacial score (nSPS) is 13.1. The molecule has 12 heteroatoms. The van der Waals surface area contributed by atoms with Crippen LogP contribution in [-0.2, 0) is 16.0 Å². The van der Waals surface area contributed by atoms with Crippen LogP contribution in [0.2, 0.25) is 5.02 Å². The Morgan fingerprint density at radius 1 is 1.00 bits per heavy atom. The van der Waals surface area contributed by atoms with Gasteiger partial charge in [0.2, 0.25) is 5.91 Å². The number of pyridine rings is 1. The number of aryl methyl sites for hydroxylation is 1. The van der Waals surface area contributed by atoms with Crippen LogP contribution in [0.15, 0.2) is 72.9 Å². The summed E-state index contributed by atoms with van der Waals surface area (Å²) in [5.41, 5.74) is 1.17. The molecule has 9 nitrogen and oxygen atoms in total. The van der Waals surface area contributed by atoms with E-state index in [2.05, 4.69) is 10.3 Å². The minimum absolute atomic E-state index is 0.0122. The van der Waals surface area contributed by atoms with Crippen molar-refractivity contribution in [3.8, 4) is 0 Å². The number of halogens is 3. The first-order valence-electron chi connectivity index (χ1n) is 14.2. The van der Waals surface area contributed by atoms with Crippen molar-refractivity contribution in [2.24, 2.45) is 0 Å². The minimum Gasteiger partial charge on any atom is -0.447 e. The highest BCUT2D eigenvalue weighted by Gasteiger charge is 2.35. The molecule has 0 radical (unpaired) electrons. The third-order valence-corrected chi connectivity index (χ3v) is 8.12. The first-order chi connectivity index (χ1) is 21.6. The number of nitrogens with one attached hydrogen (secondary N) is 1. The molecule has 1 aliphatic rings. The monoisotopic (exact) mass is 634 g/mol. The zero-order valence-corrected chi connectivity index (χ0v) is 25.0. The van der Waals surface area contributed by atoms with Gasteiger partial charge in [-0.2, -0.15) is 0 Å². The zero-order chi connectivity index (χ0) is 32.1. The van der Waals surface area contributed by atoms with Gasteiger partial charge >= 0.3 is 6.09 Å². The fourth-order valence-corrected chi connectivity index (χ4v) is 5.39. The highest BCUT2D eigenvalue weighted by atomic mass is 35.5. The summed E-state index contributed by atoms with van der Waals surface area (Å²) in [4.78, 5) is 58.2. The number of hydrogen-bond acceptors (Lipinski definition) is 6. The summed E-state index contributed by atoms with van der Waals surface area (Å²) < 4.78 is 33.0. The van der Waals surface area contributed by atoms with Gasteiger partial charge in [0, 0.05) is 31.6 Å². The van der Waals surface area contributed by atoms with Gasteiger partial charge in [-0.05, 0) is 72.7 Å². The zero-order valence-electron chi connectivity index (χ0n) is 24.3. The lowest BCUT2D eigenvalue weighted by Gasteiger charge is -2.28. The van der Waals surface area contributed by atoms with Crippen LogP contribution in [0.3, 0.4) is 0 Å². The third-order valence-electron chi connectivity index (χ3n) is 7.70. The van der Waals surface area contributed by atoms with Crippen molar-refractivity contribution in [2.45, 2.75) is 31.7 Å². The van der Waals surface area contributed by atoms with Gasteiger partial charge in [-0.15, -0.1) is 0 Å². The van der Waals surface area contributed by atoms with Crippen LogP contribution in [0.4, 0.5) is 19.4 Å². The van der Waals surface area contributed by atoms with Crippen LogP contribution in [0.25, 0.3) is 10.8 Å². The van der Waals surface area contributed by atoms with Crippen molar-refractivity contribution in [1.29, 1.82) is 0 Å². The quantitative estimate of drug-likeness (QED) is 0.195. The van der Waals surface area contributed by atoms with Gasteiger partial charge in [0.25, 0.3) is 11.8 Å². The molecule has 0 unspecified atom stereocenters. The van der Waals surface area contributed by atoms with Crippen molar-refractivity contribution < 1.29 is 32.7 Å². The molecule has 1 N–H and O–H groups in total. The molecular weight excluding hydrogens is 606 g/mol. The van der Waals surface area contributed by atoms with Crippen LogP contribution >= 0.6 is 11.6 Å². The molecule has 4 aromatic rings. The third kappa shape index (κ3) is 7.26. The maximum Gasteiger partial charge on any atom is 0.412 e. The maximum atomic E-state index is 13.9. The fraction of sp³-hybridized carbons (Fsp3) is 0.242. The van der Waals surface area contributed by atoms with Crippen LogP contribution < -0.4 is 5.32 Å². The molecule has 45 heavy (non-hydrogen) atoms. The Morgan fingerprint density at radius 3 is 2.47 bits per heavy atom. The lowest BCUT2D eigenvalue weighted by atomic mass is 10.1. The summed E-state index contributed by atoms with van der Waals surface area (Å²) in [5.74, 6) is -1.94. The number of anilines is 1. The fourth-order valence-electron chi connectivity index (χ4n) is 5.17. The van der Waals surface area contributed by atoms with Crippen molar-refractivity contribution >= 4 is 52.0 Å². The molecule has 2 heterocycles. The van der Waals surface area contributed by atoms with E-state index in [1.54, 1.807) is 43.4 Å². The number of rotatable bonds is 11. The highest BCUT2D eigenvalue weighted by molar-refractivity contribution is 6.31. The number of likely N-dealkylation sites (N-methyl/N-ethyl adjacent to an activating group) is 1. The van der Waals surface area contributed by atoms with Crippen molar-refractivity contribution in [3.63, 3.8) is 0 Å². The summed E-state index contributed by atoms with van der Waals surface area (Å²) >= 11 is 6.05. The van der Waals surface area contributed by atoms with Crippen LogP contribution in [-0.4, -0.2) is 64.8 Å². The number of nitrogens with zero attached hydrogens (tertiary/aromatic N) is 3. The molecule has 4 amide bonds. The Kier molecular flexibility index (Phi) is 9.68. The number of carbonyl (C=O) groups excluding carboxylic acids is 4. The predicted octanol–water partition coefficient (Wildman–Crippen LogP) is 6.25. The van der Waals surface area contributed by atoms with E-state index < -0.39 is 23.8 Å². The molecule has 0 saturated heterocycles. The average Bonchev–Trinajstić information content (AvgIpc) is 3.27. The molecule has 1 aromatic heterocycles. The number of carbonyl (C=O) groups is 4. The molecule has 3 aromatic carbocycles. The van der Waals surface area contributed by atoms with Gasteiger partial charge in [-0.3, -0.25) is 24.6 Å². The lowest BCUT2D eigenvalue weighted by molar-refractivity contribution is -0.133. The Balaban J connectivity index is 1.23. The van der Waals surface area contributed by atoms with Gasteiger partial charge in [-0.1, -0.05) is 35.9 Å². The maximum absolute atomic E-state index is 13.9. The second-order valence-electron chi connectivity index (χ2n) is 10.6. The second kappa shape index (κ2) is 13.8. The lowest BCUT2D eigenvalue weighted by Crippen LogP contribution is -2.42. The average molecular weight is 635 g/mol. The molecular formula is C33H29ClF2N4O5. The second-order valence-corrected chi connectivity index (χ2v) is 11.0. The first-order valence-corrected chi connectivity index (χ1v) is 14.6. The summed E-state index contributed by atoms with van der Waals surface area (Å²) in [6, 6.07) is 16.0. The molecule has 0 spiro atoms. The molecule has 0 aliphatic carbocycles.